The number of carboxylic acid groups (broad SMARTS) is 1. The van der Waals surface area contributed by atoms with Gasteiger partial charge >= 0.3 is 5.97 Å². The SMILES string of the molecule is C[C@@H]1[C@H](C(=O)O)CCCN1S(=O)(=O)CC1CCCC1(F)F. The Morgan fingerprint density at radius 1 is 1.33 bits per heavy atom. The lowest BCUT2D eigenvalue weighted by atomic mass is 9.92. The van der Waals surface area contributed by atoms with E-state index in [4.69, 9.17) is 5.11 Å². The predicted octanol–water partition coefficient (Wildman–Crippen LogP) is 1.94. The first-order valence-corrected chi connectivity index (χ1v) is 8.86. The number of alkyl halides is 2. The number of nitrogens with zero attached hydrogens (tertiary/aromatic N) is 1. The molecule has 1 saturated carbocycles. The number of aliphatic carboxylic acids is 1. The van der Waals surface area contributed by atoms with Gasteiger partial charge < -0.3 is 5.11 Å². The molecule has 21 heavy (non-hydrogen) atoms. The highest BCUT2D eigenvalue weighted by atomic mass is 32.2. The van der Waals surface area contributed by atoms with Gasteiger partial charge in [-0.05, 0) is 32.6 Å². The number of carbonyl (C=O) groups is 1. The van der Waals surface area contributed by atoms with Gasteiger partial charge in [-0.25, -0.2) is 17.2 Å². The quantitative estimate of drug-likeness (QED) is 0.857. The Bertz CT molecular complexity index is 508. The highest BCUT2D eigenvalue weighted by Crippen LogP contribution is 2.41. The molecule has 2 rings (SSSR count). The molecule has 5 nitrogen and oxygen atoms in total. The second-order valence-corrected chi connectivity index (χ2v) is 8.03. The fourth-order valence-corrected chi connectivity index (χ4v) is 5.56. The van der Waals surface area contributed by atoms with Gasteiger partial charge in [-0.3, -0.25) is 4.79 Å². The van der Waals surface area contributed by atoms with Crippen molar-refractivity contribution in [3.05, 3.63) is 0 Å². The summed E-state index contributed by atoms with van der Waals surface area (Å²) in [6, 6.07) is -0.684. The monoisotopic (exact) mass is 325 g/mol. The van der Waals surface area contributed by atoms with Crippen LogP contribution in [-0.4, -0.2) is 48.1 Å². The standard InChI is InChI=1S/C13H21F2NO4S/c1-9-11(12(17)18)5-3-7-16(9)21(19,20)8-10-4-2-6-13(10,14)15/h9-11H,2-8H2,1H3,(H,17,18)/t9-,10?,11-/m1/s1. The van der Waals surface area contributed by atoms with E-state index in [0.717, 1.165) is 4.31 Å². The van der Waals surface area contributed by atoms with Gasteiger partial charge in [0.2, 0.25) is 10.0 Å². The average molecular weight is 325 g/mol. The first kappa shape index (κ1) is 16.6. The van der Waals surface area contributed by atoms with Crippen LogP contribution >= 0.6 is 0 Å². The van der Waals surface area contributed by atoms with Crippen LogP contribution in [0.15, 0.2) is 0 Å². The van der Waals surface area contributed by atoms with E-state index < -0.39 is 45.5 Å². The van der Waals surface area contributed by atoms with E-state index in [1.54, 1.807) is 6.92 Å². The molecule has 1 aliphatic heterocycles. The lowest BCUT2D eigenvalue weighted by molar-refractivity contribution is -0.144. The summed E-state index contributed by atoms with van der Waals surface area (Å²) in [6.07, 6.45) is 1.14. The molecule has 0 bridgehead atoms. The maximum atomic E-state index is 13.6. The molecule has 1 aliphatic carbocycles. The van der Waals surface area contributed by atoms with Crippen molar-refractivity contribution in [3.8, 4) is 0 Å². The second-order valence-electron chi connectivity index (χ2n) is 6.07. The van der Waals surface area contributed by atoms with Crippen LogP contribution < -0.4 is 0 Å². The fourth-order valence-electron chi connectivity index (χ4n) is 3.39. The van der Waals surface area contributed by atoms with Gasteiger partial charge in [0.05, 0.1) is 11.7 Å². The smallest absolute Gasteiger partial charge is 0.308 e. The van der Waals surface area contributed by atoms with Crippen LogP contribution in [0, 0.1) is 11.8 Å². The van der Waals surface area contributed by atoms with Gasteiger partial charge in [0.25, 0.3) is 5.92 Å². The van der Waals surface area contributed by atoms with Gasteiger partial charge in [-0.1, -0.05) is 0 Å². The Morgan fingerprint density at radius 2 is 2.00 bits per heavy atom. The summed E-state index contributed by atoms with van der Waals surface area (Å²) in [5.74, 6) is -6.47. The zero-order valence-electron chi connectivity index (χ0n) is 12.0. The number of hydrogen-bond acceptors (Lipinski definition) is 3. The first-order chi connectivity index (χ1) is 9.65. The van der Waals surface area contributed by atoms with Crippen LogP contribution in [0.4, 0.5) is 8.78 Å². The highest BCUT2D eigenvalue weighted by molar-refractivity contribution is 7.89. The molecule has 0 spiro atoms. The molecule has 0 aromatic rings. The summed E-state index contributed by atoms with van der Waals surface area (Å²) >= 11 is 0. The van der Waals surface area contributed by atoms with Gasteiger partial charge in [0.1, 0.15) is 0 Å². The summed E-state index contributed by atoms with van der Waals surface area (Å²) in [4.78, 5) is 11.1. The summed E-state index contributed by atoms with van der Waals surface area (Å²) in [6.45, 7) is 1.76. The van der Waals surface area contributed by atoms with Crippen molar-refractivity contribution in [2.75, 3.05) is 12.3 Å². The molecule has 0 radical (unpaired) electrons. The molecule has 0 aromatic carbocycles. The lowest BCUT2D eigenvalue weighted by Gasteiger charge is -2.37. The molecule has 2 fully saturated rings. The molecule has 0 amide bonds. The van der Waals surface area contributed by atoms with E-state index in [2.05, 4.69) is 0 Å². The minimum Gasteiger partial charge on any atom is -0.481 e. The molecule has 1 heterocycles. The van der Waals surface area contributed by atoms with Gasteiger partial charge in [0, 0.05) is 24.9 Å². The predicted molar refractivity (Wildman–Crippen MR) is 72.6 cm³/mol. The molecule has 1 N–H and O–H groups in total. The van der Waals surface area contributed by atoms with Crippen LogP contribution in [0.3, 0.4) is 0 Å². The number of carboxylic acids is 1. The molecular formula is C13H21F2NO4S. The van der Waals surface area contributed by atoms with Crippen LogP contribution in [0.25, 0.3) is 0 Å². The maximum Gasteiger partial charge on any atom is 0.308 e. The Labute approximate surface area is 123 Å². The Balaban J connectivity index is 2.13. The highest BCUT2D eigenvalue weighted by Gasteiger charge is 2.48. The Hall–Kier alpha value is -0.760. The average Bonchev–Trinajstić information content (AvgIpc) is 2.67. The van der Waals surface area contributed by atoms with Crippen LogP contribution in [0.1, 0.15) is 39.0 Å². The molecule has 2 aliphatic rings. The van der Waals surface area contributed by atoms with Gasteiger partial charge in [-0.15, -0.1) is 0 Å². The number of rotatable bonds is 4. The summed E-state index contributed by atoms with van der Waals surface area (Å²) in [5.41, 5.74) is 0. The molecule has 122 valence electrons. The Kier molecular flexibility index (Phi) is 4.58. The number of piperidine rings is 1. The fraction of sp³-hybridized carbons (Fsp3) is 0.923. The minimum atomic E-state index is -3.86. The van der Waals surface area contributed by atoms with Crippen molar-refractivity contribution in [2.45, 2.75) is 51.0 Å². The van der Waals surface area contributed by atoms with Gasteiger partial charge in [0.15, 0.2) is 0 Å². The topological polar surface area (TPSA) is 74.7 Å². The third-order valence-electron chi connectivity index (χ3n) is 4.68. The van der Waals surface area contributed by atoms with Crippen molar-refractivity contribution >= 4 is 16.0 Å². The van der Waals surface area contributed by atoms with Crippen molar-refractivity contribution in [1.82, 2.24) is 4.31 Å². The molecule has 0 aromatic heterocycles. The minimum absolute atomic E-state index is 0.205. The lowest BCUT2D eigenvalue weighted by Crippen LogP contribution is -2.50. The maximum absolute atomic E-state index is 13.6. The summed E-state index contributed by atoms with van der Waals surface area (Å²) in [5, 5.41) is 9.12. The van der Waals surface area contributed by atoms with Crippen molar-refractivity contribution in [2.24, 2.45) is 11.8 Å². The van der Waals surface area contributed by atoms with E-state index in [9.17, 15) is 22.0 Å². The molecule has 3 atom stereocenters. The first-order valence-electron chi connectivity index (χ1n) is 7.25. The van der Waals surface area contributed by atoms with Crippen LogP contribution in [0.2, 0.25) is 0 Å². The number of hydrogen-bond donors (Lipinski definition) is 1. The summed E-state index contributed by atoms with van der Waals surface area (Å²) in [7, 11) is -3.86. The van der Waals surface area contributed by atoms with E-state index in [-0.39, 0.29) is 19.4 Å². The molecule has 1 unspecified atom stereocenters. The zero-order chi connectivity index (χ0) is 15.8. The number of sulfonamides is 1. The van der Waals surface area contributed by atoms with Crippen molar-refractivity contribution in [1.29, 1.82) is 0 Å². The van der Waals surface area contributed by atoms with Gasteiger partial charge in [-0.2, -0.15) is 4.31 Å². The van der Waals surface area contributed by atoms with Crippen molar-refractivity contribution in [3.63, 3.8) is 0 Å². The molecule has 8 heteroatoms. The van der Waals surface area contributed by atoms with E-state index in [0.29, 0.717) is 19.3 Å². The normalized spacial score (nSPS) is 34.0. The largest absolute Gasteiger partial charge is 0.481 e. The zero-order valence-corrected chi connectivity index (χ0v) is 12.8. The number of halogens is 2. The Morgan fingerprint density at radius 3 is 2.52 bits per heavy atom. The third kappa shape index (κ3) is 3.36. The van der Waals surface area contributed by atoms with E-state index >= 15 is 0 Å². The van der Waals surface area contributed by atoms with E-state index in [1.807, 2.05) is 0 Å². The molecule has 1 saturated heterocycles. The van der Waals surface area contributed by atoms with Crippen molar-refractivity contribution < 1.29 is 27.1 Å². The van der Waals surface area contributed by atoms with Crippen LogP contribution in [0.5, 0.6) is 0 Å². The summed E-state index contributed by atoms with van der Waals surface area (Å²) < 4.78 is 53.2. The second kappa shape index (κ2) is 5.79. The molecular weight excluding hydrogens is 304 g/mol. The van der Waals surface area contributed by atoms with E-state index in [1.165, 1.54) is 0 Å². The third-order valence-corrected chi connectivity index (χ3v) is 6.73. The van der Waals surface area contributed by atoms with Crippen LogP contribution in [-0.2, 0) is 14.8 Å².